The summed E-state index contributed by atoms with van der Waals surface area (Å²) < 4.78 is 0. The SMILES string of the molecule is CN(C)C(C)(C)C(C)(C)C(C)(C)N(C)C. The van der Waals surface area contributed by atoms with E-state index >= 15 is 0 Å². The van der Waals surface area contributed by atoms with Crippen molar-refractivity contribution in [1.29, 1.82) is 0 Å². The molecule has 0 aromatic rings. The first-order valence-corrected chi connectivity index (χ1v) is 5.74. The molecular formula is C13H30N2. The molecule has 0 atom stereocenters. The van der Waals surface area contributed by atoms with Crippen LogP contribution in [0.15, 0.2) is 0 Å². The van der Waals surface area contributed by atoms with Crippen molar-refractivity contribution in [2.45, 2.75) is 52.6 Å². The van der Waals surface area contributed by atoms with Gasteiger partial charge in [-0.05, 0) is 55.9 Å². The largest absolute Gasteiger partial charge is 0.304 e. The Hall–Kier alpha value is -0.0800. The minimum absolute atomic E-state index is 0.154. The van der Waals surface area contributed by atoms with Crippen molar-refractivity contribution in [3.63, 3.8) is 0 Å². The van der Waals surface area contributed by atoms with E-state index < -0.39 is 0 Å². The monoisotopic (exact) mass is 214 g/mol. The summed E-state index contributed by atoms with van der Waals surface area (Å²) >= 11 is 0. The van der Waals surface area contributed by atoms with Crippen molar-refractivity contribution in [3.8, 4) is 0 Å². The molecule has 0 spiro atoms. The summed E-state index contributed by atoms with van der Waals surface area (Å²) in [5, 5.41) is 0. The molecule has 0 heterocycles. The molecule has 92 valence electrons. The molecule has 0 aromatic heterocycles. The van der Waals surface area contributed by atoms with Gasteiger partial charge in [0.15, 0.2) is 0 Å². The van der Waals surface area contributed by atoms with Gasteiger partial charge in [0, 0.05) is 16.5 Å². The molecule has 0 radical (unpaired) electrons. The van der Waals surface area contributed by atoms with Gasteiger partial charge in [-0.3, -0.25) is 0 Å². The molecule has 0 rings (SSSR count). The zero-order valence-corrected chi connectivity index (χ0v) is 12.4. The highest BCUT2D eigenvalue weighted by atomic mass is 15.2. The van der Waals surface area contributed by atoms with Gasteiger partial charge in [0.25, 0.3) is 0 Å². The highest BCUT2D eigenvalue weighted by Gasteiger charge is 2.50. The number of rotatable bonds is 4. The van der Waals surface area contributed by atoms with Crippen molar-refractivity contribution in [2.75, 3.05) is 28.2 Å². The zero-order valence-electron chi connectivity index (χ0n) is 12.4. The third kappa shape index (κ3) is 2.21. The van der Waals surface area contributed by atoms with E-state index in [1.54, 1.807) is 0 Å². The summed E-state index contributed by atoms with van der Waals surface area (Å²) in [6.07, 6.45) is 0. The van der Waals surface area contributed by atoms with Gasteiger partial charge in [-0.2, -0.15) is 0 Å². The predicted molar refractivity (Wildman–Crippen MR) is 69.3 cm³/mol. The second-order valence-electron chi connectivity index (χ2n) is 6.53. The van der Waals surface area contributed by atoms with Gasteiger partial charge >= 0.3 is 0 Å². The van der Waals surface area contributed by atoms with Crippen LogP contribution in [-0.2, 0) is 0 Å². The Balaban J connectivity index is 5.30. The maximum absolute atomic E-state index is 2.35. The molecule has 0 saturated heterocycles. The second-order valence-corrected chi connectivity index (χ2v) is 6.53. The van der Waals surface area contributed by atoms with Gasteiger partial charge in [0.2, 0.25) is 0 Å². The molecular weight excluding hydrogens is 184 g/mol. The molecule has 0 aromatic carbocycles. The lowest BCUT2D eigenvalue weighted by Gasteiger charge is -2.57. The number of hydrogen-bond donors (Lipinski definition) is 0. The molecule has 0 N–H and O–H groups in total. The molecule has 0 amide bonds. The van der Waals surface area contributed by atoms with E-state index in [2.05, 4.69) is 79.5 Å². The number of hydrogen-bond acceptors (Lipinski definition) is 2. The average molecular weight is 214 g/mol. The smallest absolute Gasteiger partial charge is 0.0215 e. The van der Waals surface area contributed by atoms with Gasteiger partial charge < -0.3 is 9.80 Å². The van der Waals surface area contributed by atoms with Crippen LogP contribution in [0.5, 0.6) is 0 Å². The van der Waals surface area contributed by atoms with Gasteiger partial charge in [-0.25, -0.2) is 0 Å². The Kier molecular flexibility index (Phi) is 4.04. The minimum Gasteiger partial charge on any atom is -0.304 e. The predicted octanol–water partition coefficient (Wildman–Crippen LogP) is 2.69. The van der Waals surface area contributed by atoms with Crippen LogP contribution in [0.2, 0.25) is 0 Å². The maximum Gasteiger partial charge on any atom is 0.0215 e. The minimum atomic E-state index is 0.154. The van der Waals surface area contributed by atoms with E-state index in [-0.39, 0.29) is 16.5 Å². The molecule has 0 unspecified atom stereocenters. The topological polar surface area (TPSA) is 6.48 Å². The van der Waals surface area contributed by atoms with E-state index in [0.717, 1.165) is 0 Å². The van der Waals surface area contributed by atoms with Gasteiger partial charge in [0.1, 0.15) is 0 Å². The van der Waals surface area contributed by atoms with Crippen LogP contribution in [0.3, 0.4) is 0 Å². The molecule has 0 aliphatic heterocycles. The Bertz CT molecular complexity index is 191. The fourth-order valence-corrected chi connectivity index (χ4v) is 1.87. The van der Waals surface area contributed by atoms with E-state index in [1.165, 1.54) is 0 Å². The van der Waals surface area contributed by atoms with Crippen LogP contribution in [-0.4, -0.2) is 49.1 Å². The van der Waals surface area contributed by atoms with Crippen LogP contribution in [0, 0.1) is 5.41 Å². The third-order valence-electron chi connectivity index (χ3n) is 5.30. The van der Waals surface area contributed by atoms with Crippen molar-refractivity contribution < 1.29 is 0 Å². The van der Waals surface area contributed by atoms with Crippen LogP contribution < -0.4 is 0 Å². The van der Waals surface area contributed by atoms with Crippen molar-refractivity contribution in [3.05, 3.63) is 0 Å². The van der Waals surface area contributed by atoms with Crippen molar-refractivity contribution in [2.24, 2.45) is 5.41 Å². The Morgan fingerprint density at radius 3 is 0.867 bits per heavy atom. The molecule has 2 heteroatoms. The summed E-state index contributed by atoms with van der Waals surface area (Å²) in [6.45, 7) is 14.0. The summed E-state index contributed by atoms with van der Waals surface area (Å²) in [5.74, 6) is 0. The highest BCUT2D eigenvalue weighted by Crippen LogP contribution is 2.45. The van der Waals surface area contributed by atoms with Crippen LogP contribution in [0.25, 0.3) is 0 Å². The van der Waals surface area contributed by atoms with Crippen molar-refractivity contribution in [1.82, 2.24) is 9.80 Å². The van der Waals surface area contributed by atoms with Crippen LogP contribution in [0.1, 0.15) is 41.5 Å². The standard InChI is InChI=1S/C13H30N2/c1-11(2,12(3,4)14(7)8)13(5,6)15(9)10/h1-10H3. The lowest BCUT2D eigenvalue weighted by molar-refractivity contribution is -0.0581. The van der Waals surface area contributed by atoms with E-state index in [4.69, 9.17) is 0 Å². The molecule has 0 aliphatic carbocycles. The molecule has 0 bridgehead atoms. The molecule has 0 saturated carbocycles. The lowest BCUT2D eigenvalue weighted by atomic mass is 9.62. The van der Waals surface area contributed by atoms with Gasteiger partial charge in [0.05, 0.1) is 0 Å². The van der Waals surface area contributed by atoms with Crippen LogP contribution >= 0.6 is 0 Å². The first kappa shape index (κ1) is 14.9. The van der Waals surface area contributed by atoms with Crippen molar-refractivity contribution >= 4 is 0 Å². The summed E-state index contributed by atoms with van der Waals surface area (Å²) in [6, 6.07) is 0. The zero-order chi connectivity index (χ0) is 12.7. The fourth-order valence-electron chi connectivity index (χ4n) is 1.87. The Morgan fingerprint density at radius 1 is 0.533 bits per heavy atom. The normalized spacial score (nSPS) is 15.2. The Labute approximate surface area is 96.6 Å². The third-order valence-corrected chi connectivity index (χ3v) is 5.30. The summed E-state index contributed by atoms with van der Waals surface area (Å²) in [7, 11) is 8.64. The molecule has 15 heavy (non-hydrogen) atoms. The molecule has 0 aliphatic rings. The quantitative estimate of drug-likeness (QED) is 0.710. The van der Waals surface area contributed by atoms with E-state index in [0.29, 0.717) is 0 Å². The van der Waals surface area contributed by atoms with Crippen LogP contribution in [0.4, 0.5) is 0 Å². The highest BCUT2D eigenvalue weighted by molar-refractivity contribution is 5.05. The van der Waals surface area contributed by atoms with E-state index in [9.17, 15) is 0 Å². The van der Waals surface area contributed by atoms with Gasteiger partial charge in [-0.1, -0.05) is 13.8 Å². The first-order valence-electron chi connectivity index (χ1n) is 5.74. The number of nitrogens with zero attached hydrogens (tertiary/aromatic N) is 2. The van der Waals surface area contributed by atoms with Gasteiger partial charge in [-0.15, -0.1) is 0 Å². The lowest BCUT2D eigenvalue weighted by Crippen LogP contribution is -2.63. The Morgan fingerprint density at radius 2 is 0.733 bits per heavy atom. The van der Waals surface area contributed by atoms with E-state index in [1.807, 2.05) is 0 Å². The average Bonchev–Trinajstić information content (AvgIpc) is 2.02. The molecule has 0 fully saturated rings. The fraction of sp³-hybridized carbons (Fsp3) is 1.00. The molecule has 2 nitrogen and oxygen atoms in total. The second kappa shape index (κ2) is 4.06. The summed E-state index contributed by atoms with van der Waals surface area (Å²) in [5.41, 5.74) is 0.495. The maximum atomic E-state index is 2.35. The summed E-state index contributed by atoms with van der Waals surface area (Å²) in [4.78, 5) is 4.64. The first-order chi connectivity index (χ1) is 6.39.